The fraction of sp³-hybridized carbons (Fsp3) is 0.800. The average molecular weight is 555 g/mol. The molecule has 3 atom stereocenters. The number of allylic oxidation sites excluding steroid dienone is 8. The van der Waals surface area contributed by atoms with Gasteiger partial charge >= 0.3 is 0 Å². The zero-order valence-electron chi connectivity index (χ0n) is 29.3. The highest BCUT2D eigenvalue weighted by Gasteiger charge is 2.07. The highest BCUT2D eigenvalue weighted by molar-refractivity contribution is 5.05. The van der Waals surface area contributed by atoms with E-state index in [1.165, 1.54) is 121 Å². The Morgan fingerprint density at radius 1 is 0.400 bits per heavy atom. The number of hydrogen-bond donors (Lipinski definition) is 0. The molecule has 0 aliphatic heterocycles. The van der Waals surface area contributed by atoms with E-state index >= 15 is 0 Å². The van der Waals surface area contributed by atoms with Gasteiger partial charge in [-0.2, -0.15) is 0 Å². The summed E-state index contributed by atoms with van der Waals surface area (Å²) in [6, 6.07) is 0. The maximum atomic E-state index is 2.50. The highest BCUT2D eigenvalue weighted by Crippen LogP contribution is 2.22. The molecule has 0 spiro atoms. The monoisotopic (exact) mass is 555 g/mol. The third-order valence-electron chi connectivity index (χ3n) is 8.80. The molecule has 0 unspecified atom stereocenters. The van der Waals surface area contributed by atoms with E-state index in [1.807, 2.05) is 0 Å². The van der Waals surface area contributed by atoms with Gasteiger partial charge in [0.2, 0.25) is 0 Å². The van der Waals surface area contributed by atoms with Gasteiger partial charge in [-0.1, -0.05) is 133 Å². The SMILES string of the molecule is CC(C)=CCC[C@@H](C)CCC/C(C)=C/CC/C(C)=C/CC/C=C(\C)CCC[C@H](C)CCC[C@H](C)CCCC(C)C. The van der Waals surface area contributed by atoms with Crippen LogP contribution in [0, 0.1) is 23.7 Å². The van der Waals surface area contributed by atoms with Gasteiger partial charge in [0.15, 0.2) is 0 Å². The van der Waals surface area contributed by atoms with Crippen LogP contribution in [0.1, 0.15) is 185 Å². The second-order valence-corrected chi connectivity index (χ2v) is 14.5. The molecule has 0 radical (unpaired) electrons. The minimum atomic E-state index is 0.850. The molecule has 0 heteroatoms. The van der Waals surface area contributed by atoms with Crippen molar-refractivity contribution in [2.45, 2.75) is 185 Å². The second-order valence-electron chi connectivity index (χ2n) is 14.5. The standard InChI is InChI=1S/C40H74/c1-33(2)19-13-23-37(7)27-17-31-39(9)29-15-25-35(5)21-11-12-22-36(6)26-16-30-40(10)32-18-28-38(8)24-14-20-34(3)4/h19,21-22,29,34,37-38,40H,11-18,20,23-28,30-32H2,1-10H3/b35-21+,36-22+,39-29+/t37-,38-,40+/m1/s1. The molecule has 0 heterocycles. The van der Waals surface area contributed by atoms with Crippen LogP contribution in [0.2, 0.25) is 0 Å². The molecule has 0 bridgehead atoms. The molecule has 40 heavy (non-hydrogen) atoms. The molecule has 0 aromatic carbocycles. The number of rotatable bonds is 25. The van der Waals surface area contributed by atoms with Crippen molar-refractivity contribution in [3.8, 4) is 0 Å². The summed E-state index contributed by atoms with van der Waals surface area (Å²) in [4.78, 5) is 0. The van der Waals surface area contributed by atoms with Crippen molar-refractivity contribution in [3.63, 3.8) is 0 Å². The van der Waals surface area contributed by atoms with Crippen LogP contribution in [-0.4, -0.2) is 0 Å². The van der Waals surface area contributed by atoms with E-state index in [1.54, 1.807) is 16.7 Å². The minimum Gasteiger partial charge on any atom is -0.0859 e. The van der Waals surface area contributed by atoms with Gasteiger partial charge < -0.3 is 0 Å². The van der Waals surface area contributed by atoms with E-state index in [4.69, 9.17) is 0 Å². The van der Waals surface area contributed by atoms with Crippen LogP contribution in [0.25, 0.3) is 0 Å². The number of hydrogen-bond acceptors (Lipinski definition) is 0. The molecule has 0 aromatic rings. The lowest BCUT2D eigenvalue weighted by Gasteiger charge is -2.15. The summed E-state index contributed by atoms with van der Waals surface area (Å²) in [7, 11) is 0. The Balaban J connectivity index is 3.92. The van der Waals surface area contributed by atoms with Gasteiger partial charge in [-0.3, -0.25) is 0 Å². The van der Waals surface area contributed by atoms with Gasteiger partial charge in [0, 0.05) is 0 Å². The fourth-order valence-electron chi connectivity index (χ4n) is 5.75. The molecule has 0 saturated heterocycles. The van der Waals surface area contributed by atoms with Gasteiger partial charge in [0.1, 0.15) is 0 Å². The molecule has 0 amide bonds. The van der Waals surface area contributed by atoms with Crippen LogP contribution in [0.5, 0.6) is 0 Å². The molecule has 0 rings (SSSR count). The summed E-state index contributed by atoms with van der Waals surface area (Å²) in [6.07, 6.45) is 33.8. The fourth-order valence-corrected chi connectivity index (χ4v) is 5.75. The van der Waals surface area contributed by atoms with Gasteiger partial charge in [-0.15, -0.1) is 0 Å². The molecule has 0 saturated carbocycles. The maximum Gasteiger partial charge on any atom is -0.0288 e. The zero-order valence-corrected chi connectivity index (χ0v) is 29.3. The van der Waals surface area contributed by atoms with E-state index in [0.717, 1.165) is 23.7 Å². The average Bonchev–Trinajstić information content (AvgIpc) is 2.86. The topological polar surface area (TPSA) is 0 Å². The third kappa shape index (κ3) is 27.1. The first-order valence-electron chi connectivity index (χ1n) is 17.6. The first-order valence-corrected chi connectivity index (χ1v) is 17.6. The Hall–Kier alpha value is -1.04. The Labute approximate surface area is 254 Å². The van der Waals surface area contributed by atoms with Crippen molar-refractivity contribution in [2.24, 2.45) is 23.7 Å². The molecule has 0 fully saturated rings. The summed E-state index contributed by atoms with van der Waals surface area (Å²) < 4.78 is 0. The maximum absolute atomic E-state index is 2.50. The van der Waals surface area contributed by atoms with Crippen molar-refractivity contribution >= 4 is 0 Å². The van der Waals surface area contributed by atoms with Crippen molar-refractivity contribution in [2.75, 3.05) is 0 Å². The Morgan fingerprint density at radius 2 is 0.800 bits per heavy atom. The molecule has 0 nitrogen and oxygen atoms in total. The lowest BCUT2D eigenvalue weighted by molar-refractivity contribution is 0.389. The zero-order chi connectivity index (χ0) is 30.2. The molecule has 0 aliphatic carbocycles. The quantitative estimate of drug-likeness (QED) is 0.0777. The lowest BCUT2D eigenvalue weighted by Crippen LogP contribution is -2.00. The normalized spacial score (nSPS) is 15.4. The Morgan fingerprint density at radius 3 is 1.27 bits per heavy atom. The van der Waals surface area contributed by atoms with Crippen LogP contribution in [0.3, 0.4) is 0 Å². The van der Waals surface area contributed by atoms with E-state index in [0.29, 0.717) is 0 Å². The van der Waals surface area contributed by atoms with Crippen LogP contribution in [0.15, 0.2) is 46.6 Å². The number of unbranched alkanes of at least 4 members (excludes halogenated alkanes) is 1. The predicted molar refractivity (Wildman–Crippen MR) is 186 cm³/mol. The van der Waals surface area contributed by atoms with Crippen molar-refractivity contribution < 1.29 is 0 Å². The first-order chi connectivity index (χ1) is 19.0. The van der Waals surface area contributed by atoms with E-state index in [9.17, 15) is 0 Å². The highest BCUT2D eigenvalue weighted by atomic mass is 14.1. The predicted octanol–water partition coefficient (Wildman–Crippen LogP) is 14.4. The van der Waals surface area contributed by atoms with Crippen molar-refractivity contribution in [1.82, 2.24) is 0 Å². The summed E-state index contributed by atoms with van der Waals surface area (Å²) >= 11 is 0. The summed E-state index contributed by atoms with van der Waals surface area (Å²) in [5, 5.41) is 0. The minimum absolute atomic E-state index is 0.850. The van der Waals surface area contributed by atoms with Crippen LogP contribution in [0.4, 0.5) is 0 Å². The lowest BCUT2D eigenvalue weighted by atomic mass is 9.91. The Bertz CT molecular complexity index is 708. The Kier molecular flexibility index (Phi) is 25.0. The van der Waals surface area contributed by atoms with Gasteiger partial charge in [-0.05, 0) is 122 Å². The molecule has 0 aliphatic rings. The molecular weight excluding hydrogens is 480 g/mol. The largest absolute Gasteiger partial charge is 0.0859 e. The third-order valence-corrected chi connectivity index (χ3v) is 8.80. The van der Waals surface area contributed by atoms with Gasteiger partial charge in [-0.25, -0.2) is 0 Å². The summed E-state index contributed by atoms with van der Waals surface area (Å²) in [5.41, 5.74) is 6.20. The summed E-state index contributed by atoms with van der Waals surface area (Å²) in [5.74, 6) is 3.52. The van der Waals surface area contributed by atoms with Crippen LogP contribution in [-0.2, 0) is 0 Å². The molecular formula is C40H74. The summed E-state index contributed by atoms with van der Waals surface area (Å²) in [6.45, 7) is 23.5. The first kappa shape index (κ1) is 39.0. The van der Waals surface area contributed by atoms with Crippen molar-refractivity contribution in [3.05, 3.63) is 46.6 Å². The van der Waals surface area contributed by atoms with Crippen molar-refractivity contribution in [1.29, 1.82) is 0 Å². The smallest absolute Gasteiger partial charge is 0.0288 e. The van der Waals surface area contributed by atoms with Gasteiger partial charge in [0.05, 0.1) is 0 Å². The molecule has 234 valence electrons. The van der Waals surface area contributed by atoms with Crippen LogP contribution < -0.4 is 0 Å². The van der Waals surface area contributed by atoms with E-state index in [2.05, 4.69) is 93.5 Å². The molecule has 0 aromatic heterocycles. The second kappa shape index (κ2) is 25.7. The van der Waals surface area contributed by atoms with E-state index < -0.39 is 0 Å². The van der Waals surface area contributed by atoms with E-state index in [-0.39, 0.29) is 0 Å². The van der Waals surface area contributed by atoms with Crippen LogP contribution >= 0.6 is 0 Å². The van der Waals surface area contributed by atoms with Gasteiger partial charge in [0.25, 0.3) is 0 Å². The molecule has 0 N–H and O–H groups in total.